The van der Waals surface area contributed by atoms with Crippen molar-refractivity contribution in [1.29, 1.82) is 0 Å². The largest absolute Gasteiger partial charge is 0.382 e. The average molecular weight is 313 g/mol. The Morgan fingerprint density at radius 1 is 1.15 bits per heavy atom. The minimum Gasteiger partial charge on any atom is -0.382 e. The van der Waals surface area contributed by atoms with Crippen molar-refractivity contribution in [3.05, 3.63) is 22.2 Å². The van der Waals surface area contributed by atoms with Crippen molar-refractivity contribution in [1.82, 2.24) is 0 Å². The van der Waals surface area contributed by atoms with Crippen LogP contribution in [0.15, 0.2) is 12.1 Å². The normalized spacial score (nSPS) is 29.4. The molecule has 2 aliphatic rings. The first kappa shape index (κ1) is 14.0. The number of amides is 1. The van der Waals surface area contributed by atoms with Gasteiger partial charge in [0.25, 0.3) is 0 Å². The van der Waals surface area contributed by atoms with E-state index in [-0.39, 0.29) is 11.3 Å². The predicted molar refractivity (Wildman–Crippen MR) is 83.6 cm³/mol. The Bertz CT molecular complexity index is 551. The van der Waals surface area contributed by atoms with Crippen LogP contribution in [0.4, 0.5) is 11.4 Å². The van der Waals surface area contributed by atoms with E-state index in [1.807, 2.05) is 0 Å². The maximum absolute atomic E-state index is 12.6. The van der Waals surface area contributed by atoms with Crippen molar-refractivity contribution < 1.29 is 4.79 Å². The third-order valence-electron chi connectivity index (χ3n) is 4.64. The van der Waals surface area contributed by atoms with E-state index < -0.39 is 0 Å². The van der Waals surface area contributed by atoms with Gasteiger partial charge in [-0.15, -0.1) is 0 Å². The summed E-state index contributed by atoms with van der Waals surface area (Å²) in [6.07, 6.45) is 4.07. The van der Waals surface area contributed by atoms with Crippen molar-refractivity contribution in [2.24, 2.45) is 11.3 Å². The third-order valence-corrected chi connectivity index (χ3v) is 5.36. The summed E-state index contributed by atoms with van der Waals surface area (Å²) < 4.78 is 0. The Morgan fingerprint density at radius 2 is 1.75 bits per heavy atom. The van der Waals surface area contributed by atoms with Crippen LogP contribution in [0.25, 0.3) is 0 Å². The Kier molecular flexibility index (Phi) is 3.59. The van der Waals surface area contributed by atoms with Gasteiger partial charge in [0.1, 0.15) is 0 Å². The molecule has 0 aromatic heterocycles. The number of hydrogen-bond acceptors (Lipinski definition) is 2. The lowest BCUT2D eigenvalue weighted by atomic mass is 9.70. The van der Waals surface area contributed by atoms with Crippen LogP contribution in [-0.2, 0) is 4.79 Å². The second kappa shape index (κ2) is 5.12. The van der Waals surface area contributed by atoms with Gasteiger partial charge >= 0.3 is 0 Å². The van der Waals surface area contributed by atoms with E-state index in [0.717, 1.165) is 37.1 Å². The second-order valence-electron chi connectivity index (χ2n) is 6.08. The molecule has 1 aliphatic carbocycles. The fraction of sp³-hybridized carbons (Fsp3) is 0.533. The molecule has 2 N–H and O–H groups in total. The molecule has 3 nitrogen and oxygen atoms in total. The lowest BCUT2D eigenvalue weighted by Crippen LogP contribution is -2.42. The standard InChI is InChI=1S/C15H18Cl2N2O/c1-9-2-4-15(5-3-9)8-18-12-6-10(16)11(17)7-13(12)19-14(15)20/h6-7,9,18H,2-5,8H2,1H3,(H,19,20). The minimum atomic E-state index is -0.301. The topological polar surface area (TPSA) is 41.1 Å². The fourth-order valence-corrected chi connectivity index (χ4v) is 3.44. The molecule has 1 aromatic rings. The van der Waals surface area contributed by atoms with E-state index in [4.69, 9.17) is 23.2 Å². The highest BCUT2D eigenvalue weighted by molar-refractivity contribution is 6.42. The first-order valence-electron chi connectivity index (χ1n) is 7.04. The molecular weight excluding hydrogens is 295 g/mol. The van der Waals surface area contributed by atoms with Gasteiger partial charge in [-0.3, -0.25) is 4.79 Å². The molecule has 1 heterocycles. The van der Waals surface area contributed by atoms with Gasteiger partial charge < -0.3 is 10.6 Å². The predicted octanol–water partition coefficient (Wildman–Crippen LogP) is 4.55. The van der Waals surface area contributed by atoms with Gasteiger partial charge in [-0.2, -0.15) is 0 Å². The summed E-state index contributed by atoms with van der Waals surface area (Å²) in [6.45, 7) is 2.92. The highest BCUT2D eigenvalue weighted by Gasteiger charge is 2.42. The van der Waals surface area contributed by atoms with Crippen molar-refractivity contribution in [2.75, 3.05) is 17.2 Å². The maximum Gasteiger partial charge on any atom is 0.232 e. The molecule has 1 amide bonds. The fourth-order valence-electron chi connectivity index (χ4n) is 3.11. The molecule has 20 heavy (non-hydrogen) atoms. The molecule has 0 saturated heterocycles. The number of anilines is 2. The third kappa shape index (κ3) is 2.38. The van der Waals surface area contributed by atoms with Crippen LogP contribution >= 0.6 is 23.2 Å². The van der Waals surface area contributed by atoms with Crippen molar-refractivity contribution in [3.63, 3.8) is 0 Å². The number of rotatable bonds is 0. The quantitative estimate of drug-likeness (QED) is 0.737. The van der Waals surface area contributed by atoms with Gasteiger partial charge in [0.05, 0.1) is 26.8 Å². The van der Waals surface area contributed by atoms with E-state index in [2.05, 4.69) is 17.6 Å². The van der Waals surface area contributed by atoms with Gasteiger partial charge in [-0.05, 0) is 43.7 Å². The molecule has 0 unspecified atom stereocenters. The van der Waals surface area contributed by atoms with Crippen LogP contribution in [0.2, 0.25) is 10.0 Å². The average Bonchev–Trinajstić information content (AvgIpc) is 2.54. The van der Waals surface area contributed by atoms with Crippen LogP contribution in [0.5, 0.6) is 0 Å². The summed E-state index contributed by atoms with van der Waals surface area (Å²) in [4.78, 5) is 12.6. The summed E-state index contributed by atoms with van der Waals surface area (Å²) in [5.74, 6) is 0.817. The molecular formula is C15H18Cl2N2O. The first-order chi connectivity index (χ1) is 9.50. The molecule has 0 bridgehead atoms. The lowest BCUT2D eigenvalue weighted by molar-refractivity contribution is -0.126. The summed E-state index contributed by atoms with van der Waals surface area (Å²) in [5, 5.41) is 7.35. The zero-order valence-corrected chi connectivity index (χ0v) is 12.9. The number of fused-ring (bicyclic) bond motifs is 1. The summed E-state index contributed by atoms with van der Waals surface area (Å²) >= 11 is 12.1. The lowest BCUT2D eigenvalue weighted by Gasteiger charge is -2.36. The zero-order valence-electron chi connectivity index (χ0n) is 11.4. The molecule has 3 rings (SSSR count). The highest BCUT2D eigenvalue weighted by atomic mass is 35.5. The molecule has 5 heteroatoms. The van der Waals surface area contributed by atoms with E-state index in [1.54, 1.807) is 12.1 Å². The number of carbonyl (C=O) groups is 1. The number of halogens is 2. The van der Waals surface area contributed by atoms with Gasteiger partial charge in [-0.25, -0.2) is 0 Å². The van der Waals surface area contributed by atoms with E-state index in [1.165, 1.54) is 0 Å². The molecule has 1 saturated carbocycles. The first-order valence-corrected chi connectivity index (χ1v) is 7.80. The van der Waals surface area contributed by atoms with Crippen LogP contribution in [0.3, 0.4) is 0 Å². The minimum absolute atomic E-state index is 0.106. The van der Waals surface area contributed by atoms with Crippen molar-refractivity contribution in [2.45, 2.75) is 32.6 Å². The molecule has 108 valence electrons. The Balaban J connectivity index is 1.90. The van der Waals surface area contributed by atoms with E-state index in [9.17, 15) is 4.79 Å². The summed E-state index contributed by atoms with van der Waals surface area (Å²) in [5.41, 5.74) is 1.27. The smallest absolute Gasteiger partial charge is 0.232 e. The van der Waals surface area contributed by atoms with Crippen LogP contribution < -0.4 is 10.6 Å². The molecule has 1 aromatic carbocycles. The van der Waals surface area contributed by atoms with Crippen molar-refractivity contribution in [3.8, 4) is 0 Å². The highest BCUT2D eigenvalue weighted by Crippen LogP contribution is 2.43. The van der Waals surface area contributed by atoms with E-state index in [0.29, 0.717) is 22.5 Å². The molecule has 0 radical (unpaired) electrons. The van der Waals surface area contributed by atoms with Crippen molar-refractivity contribution >= 4 is 40.5 Å². The molecule has 1 fully saturated rings. The Hall–Kier alpha value is -0.930. The van der Waals surface area contributed by atoms with E-state index >= 15 is 0 Å². The van der Waals surface area contributed by atoms with Gasteiger partial charge in [0, 0.05) is 6.54 Å². The van der Waals surface area contributed by atoms with Gasteiger partial charge in [-0.1, -0.05) is 30.1 Å². The SMILES string of the molecule is CC1CCC2(CC1)CNc1cc(Cl)c(Cl)cc1NC2=O. The maximum atomic E-state index is 12.6. The zero-order chi connectivity index (χ0) is 14.3. The van der Waals surface area contributed by atoms with Crippen LogP contribution in [-0.4, -0.2) is 12.5 Å². The number of benzene rings is 1. The van der Waals surface area contributed by atoms with Crippen LogP contribution in [0, 0.1) is 11.3 Å². The Morgan fingerprint density at radius 3 is 2.40 bits per heavy atom. The van der Waals surface area contributed by atoms with Crippen LogP contribution in [0.1, 0.15) is 32.6 Å². The number of hydrogen-bond donors (Lipinski definition) is 2. The summed E-state index contributed by atoms with van der Waals surface area (Å²) in [7, 11) is 0. The molecule has 1 aliphatic heterocycles. The summed E-state index contributed by atoms with van der Waals surface area (Å²) in [6, 6.07) is 3.50. The number of nitrogens with one attached hydrogen (secondary N) is 2. The number of carbonyl (C=O) groups excluding carboxylic acids is 1. The molecule has 1 spiro atoms. The Labute approximate surface area is 129 Å². The monoisotopic (exact) mass is 312 g/mol. The molecule has 0 atom stereocenters. The second-order valence-corrected chi connectivity index (χ2v) is 6.90. The van der Waals surface area contributed by atoms with Gasteiger partial charge in [0.2, 0.25) is 5.91 Å². The van der Waals surface area contributed by atoms with Gasteiger partial charge in [0.15, 0.2) is 0 Å².